The van der Waals surface area contributed by atoms with Crippen LogP contribution in [0.2, 0.25) is 0 Å². The van der Waals surface area contributed by atoms with Crippen LogP contribution >= 0.6 is 15.9 Å². The minimum absolute atomic E-state index is 0.382. The van der Waals surface area contributed by atoms with Crippen LogP contribution in [0.1, 0.15) is 0 Å². The van der Waals surface area contributed by atoms with Gasteiger partial charge in [-0.3, -0.25) is 4.52 Å². The number of nitrogens with zero attached hydrogens (tertiary/aromatic N) is 4. The molecule has 0 aliphatic rings. The SMILES string of the molecule is [N-]=[N+]=Nc1ccc(Br)cc1-[n+]1cc(=O)o[nH]1. The lowest BCUT2D eigenvalue weighted by atomic mass is 10.3. The van der Waals surface area contributed by atoms with Gasteiger partial charge >= 0.3 is 5.63 Å². The van der Waals surface area contributed by atoms with Gasteiger partial charge < -0.3 is 0 Å². The van der Waals surface area contributed by atoms with Crippen LogP contribution in [0.4, 0.5) is 5.69 Å². The van der Waals surface area contributed by atoms with Crippen LogP contribution in [0.3, 0.4) is 0 Å². The molecular weight excluding hydrogens is 278 g/mol. The third-order valence-electron chi connectivity index (χ3n) is 1.83. The third kappa shape index (κ3) is 1.97. The van der Waals surface area contributed by atoms with Crippen molar-refractivity contribution in [1.29, 1.82) is 0 Å². The Morgan fingerprint density at radius 1 is 1.56 bits per heavy atom. The number of rotatable bonds is 2. The van der Waals surface area contributed by atoms with Crippen molar-refractivity contribution in [3.05, 3.63) is 49.7 Å². The molecule has 0 aliphatic carbocycles. The Bertz CT molecular complexity index is 625. The molecule has 80 valence electrons. The Morgan fingerprint density at radius 3 is 3.00 bits per heavy atom. The van der Waals surface area contributed by atoms with Crippen LogP contribution in [0.15, 0.2) is 43.3 Å². The summed E-state index contributed by atoms with van der Waals surface area (Å²) in [7, 11) is 0. The summed E-state index contributed by atoms with van der Waals surface area (Å²) in [6.07, 6.45) is 1.21. The van der Waals surface area contributed by atoms with Crippen molar-refractivity contribution in [3.8, 4) is 5.69 Å². The van der Waals surface area contributed by atoms with E-state index in [0.717, 1.165) is 4.47 Å². The van der Waals surface area contributed by atoms with Gasteiger partial charge in [0.2, 0.25) is 5.69 Å². The predicted octanol–water partition coefficient (Wildman–Crippen LogP) is 1.95. The molecule has 0 aliphatic heterocycles. The van der Waals surface area contributed by atoms with Crippen molar-refractivity contribution >= 4 is 21.6 Å². The van der Waals surface area contributed by atoms with Crippen molar-refractivity contribution in [3.63, 3.8) is 0 Å². The Morgan fingerprint density at radius 2 is 2.38 bits per heavy atom. The van der Waals surface area contributed by atoms with Crippen molar-refractivity contribution in [2.45, 2.75) is 0 Å². The molecule has 0 saturated carbocycles. The van der Waals surface area contributed by atoms with Crippen molar-refractivity contribution < 1.29 is 9.20 Å². The van der Waals surface area contributed by atoms with Gasteiger partial charge in [0, 0.05) is 15.5 Å². The lowest BCUT2D eigenvalue weighted by Crippen LogP contribution is -2.32. The Hall–Kier alpha value is -2.05. The minimum Gasteiger partial charge on any atom is -0.283 e. The first kappa shape index (κ1) is 10.5. The van der Waals surface area contributed by atoms with E-state index in [9.17, 15) is 4.79 Å². The van der Waals surface area contributed by atoms with E-state index in [-0.39, 0.29) is 0 Å². The van der Waals surface area contributed by atoms with Crippen LogP contribution in [0.5, 0.6) is 0 Å². The summed E-state index contributed by atoms with van der Waals surface area (Å²) in [6.45, 7) is 0. The number of hydrogen-bond donors (Lipinski definition) is 1. The zero-order valence-corrected chi connectivity index (χ0v) is 9.38. The second-order valence-corrected chi connectivity index (χ2v) is 3.75. The van der Waals surface area contributed by atoms with E-state index in [2.05, 4.69) is 35.8 Å². The van der Waals surface area contributed by atoms with Gasteiger partial charge in [0.25, 0.3) is 6.20 Å². The number of aromatic amines is 1. The molecule has 8 heteroatoms. The smallest absolute Gasteiger partial charge is 0.283 e. The normalized spacial score (nSPS) is 9.81. The number of aromatic nitrogens is 2. The standard InChI is InChI=1S/C8H4BrN5O2/c9-5-1-2-6(11-12-10)7(3-5)14-4-8(15)16-13-14/h1-4H/p+1. The number of nitrogens with one attached hydrogen (secondary N) is 1. The fourth-order valence-electron chi connectivity index (χ4n) is 1.19. The first-order valence-corrected chi connectivity index (χ1v) is 4.95. The lowest BCUT2D eigenvalue weighted by molar-refractivity contribution is -0.669. The van der Waals surface area contributed by atoms with Gasteiger partial charge in [-0.1, -0.05) is 21.0 Å². The fourth-order valence-corrected chi connectivity index (χ4v) is 1.54. The van der Waals surface area contributed by atoms with E-state index in [1.54, 1.807) is 18.2 Å². The second kappa shape index (κ2) is 4.21. The molecule has 0 saturated heterocycles. The van der Waals surface area contributed by atoms with Crippen molar-refractivity contribution in [2.24, 2.45) is 5.11 Å². The van der Waals surface area contributed by atoms with Crippen molar-refractivity contribution in [2.75, 3.05) is 0 Å². The number of benzene rings is 1. The highest BCUT2D eigenvalue weighted by Crippen LogP contribution is 2.23. The molecule has 1 heterocycles. The molecule has 0 unspecified atom stereocenters. The van der Waals surface area contributed by atoms with E-state index in [4.69, 9.17) is 5.53 Å². The number of H-pyrrole nitrogens is 1. The average molecular weight is 283 g/mol. The summed E-state index contributed by atoms with van der Waals surface area (Å²) >= 11 is 3.28. The highest BCUT2D eigenvalue weighted by molar-refractivity contribution is 9.10. The van der Waals surface area contributed by atoms with E-state index in [1.165, 1.54) is 10.9 Å². The molecule has 1 aromatic carbocycles. The van der Waals surface area contributed by atoms with Gasteiger partial charge in [-0.25, -0.2) is 4.79 Å². The highest BCUT2D eigenvalue weighted by atomic mass is 79.9. The minimum atomic E-state index is -0.521. The van der Waals surface area contributed by atoms with Crippen LogP contribution in [-0.4, -0.2) is 5.27 Å². The van der Waals surface area contributed by atoms with E-state index in [1.807, 2.05) is 0 Å². The van der Waals surface area contributed by atoms with Gasteiger partial charge in [-0.05, 0) is 27.6 Å². The molecule has 0 bridgehead atoms. The molecule has 0 atom stereocenters. The zero-order chi connectivity index (χ0) is 11.5. The van der Waals surface area contributed by atoms with E-state index >= 15 is 0 Å². The summed E-state index contributed by atoms with van der Waals surface area (Å²) in [5, 5.41) is 5.88. The molecule has 7 nitrogen and oxygen atoms in total. The monoisotopic (exact) mass is 282 g/mol. The molecule has 2 rings (SSSR count). The lowest BCUT2D eigenvalue weighted by Gasteiger charge is -1.95. The summed E-state index contributed by atoms with van der Waals surface area (Å²) in [5.74, 6) is 0. The third-order valence-corrected chi connectivity index (χ3v) is 2.32. The Kier molecular flexibility index (Phi) is 2.76. The maximum atomic E-state index is 10.9. The second-order valence-electron chi connectivity index (χ2n) is 2.83. The van der Waals surface area contributed by atoms with E-state index < -0.39 is 5.63 Å². The first-order valence-electron chi connectivity index (χ1n) is 4.16. The largest absolute Gasteiger partial charge is 0.427 e. The van der Waals surface area contributed by atoms with Gasteiger partial charge in [0.15, 0.2) is 0 Å². The molecule has 0 spiro atoms. The van der Waals surface area contributed by atoms with Gasteiger partial charge in [0.1, 0.15) is 5.69 Å². The molecule has 2 aromatic rings. The molecule has 1 N–H and O–H groups in total. The molecule has 1 aromatic heterocycles. The van der Waals surface area contributed by atoms with Crippen LogP contribution in [0, 0.1) is 0 Å². The zero-order valence-electron chi connectivity index (χ0n) is 7.79. The molecular formula is C8H5BrN5O2+. The summed E-state index contributed by atoms with van der Waals surface area (Å²) in [5.41, 5.74) is 8.78. The topological polar surface area (TPSA) is 98.6 Å². The number of azide groups is 1. The first-order chi connectivity index (χ1) is 7.70. The molecule has 0 fully saturated rings. The number of halogens is 1. The maximum Gasteiger partial charge on any atom is 0.427 e. The molecule has 0 amide bonds. The predicted molar refractivity (Wildman–Crippen MR) is 57.4 cm³/mol. The van der Waals surface area contributed by atoms with Gasteiger partial charge in [0.05, 0.1) is 0 Å². The Labute approximate surface area is 97.0 Å². The van der Waals surface area contributed by atoms with Crippen LogP contribution in [0.25, 0.3) is 16.1 Å². The summed E-state index contributed by atoms with van der Waals surface area (Å²) in [6, 6.07) is 5.04. The highest BCUT2D eigenvalue weighted by Gasteiger charge is 2.15. The fraction of sp³-hybridized carbons (Fsp3) is 0. The Balaban J connectivity index is 2.66. The van der Waals surface area contributed by atoms with Crippen molar-refractivity contribution in [1.82, 2.24) is 5.27 Å². The van der Waals surface area contributed by atoms with Gasteiger partial charge in [-0.15, -0.1) is 0 Å². The van der Waals surface area contributed by atoms with Crippen LogP contribution < -0.4 is 10.3 Å². The molecule has 0 radical (unpaired) electrons. The summed E-state index contributed by atoms with van der Waals surface area (Å²) < 4.78 is 6.64. The molecule has 16 heavy (non-hydrogen) atoms. The summed E-state index contributed by atoms with van der Waals surface area (Å²) in [4.78, 5) is 13.6. The maximum absolute atomic E-state index is 10.9. The van der Waals surface area contributed by atoms with Crippen LogP contribution in [-0.2, 0) is 0 Å². The number of hydrogen-bond acceptors (Lipinski definition) is 3. The quantitative estimate of drug-likeness (QED) is 0.394. The average Bonchev–Trinajstić information content (AvgIpc) is 2.68. The van der Waals surface area contributed by atoms with Gasteiger partial charge in [-0.2, -0.15) is 0 Å². The van der Waals surface area contributed by atoms with E-state index in [0.29, 0.717) is 11.4 Å².